The number of nitrogens with two attached hydrogens (primary N) is 1. The number of amides is 2. The van der Waals surface area contributed by atoms with Crippen LogP contribution >= 0.6 is 11.3 Å². The van der Waals surface area contributed by atoms with Crippen LogP contribution in [0.5, 0.6) is 17.2 Å². The molecule has 0 bridgehead atoms. The molecule has 0 aliphatic rings. The molecule has 33 heavy (non-hydrogen) atoms. The van der Waals surface area contributed by atoms with Crippen molar-refractivity contribution in [3.63, 3.8) is 0 Å². The maximum absolute atomic E-state index is 13.1. The molecule has 0 aliphatic carbocycles. The molecule has 1 aromatic carbocycles. The van der Waals surface area contributed by atoms with E-state index in [0.29, 0.717) is 42.6 Å². The number of carbonyl (C=O) groups excluding carboxylic acids is 3. The molecule has 0 aliphatic heterocycles. The Morgan fingerprint density at radius 1 is 1.00 bits per heavy atom. The molecule has 2 rings (SSSR count). The molecule has 2 amide bonds. The van der Waals surface area contributed by atoms with Crippen molar-refractivity contribution in [2.75, 3.05) is 25.1 Å². The van der Waals surface area contributed by atoms with E-state index in [0.717, 1.165) is 11.3 Å². The lowest BCUT2D eigenvalue weighted by Gasteiger charge is -2.17. The molecule has 9 nitrogen and oxygen atoms in total. The van der Waals surface area contributed by atoms with Crippen molar-refractivity contribution in [2.24, 2.45) is 5.73 Å². The Morgan fingerprint density at radius 2 is 1.55 bits per heavy atom. The highest BCUT2D eigenvalue weighted by atomic mass is 32.1. The number of primary amides is 1. The fourth-order valence-corrected chi connectivity index (χ4v) is 4.15. The number of benzene rings is 1. The SMILES string of the molecule is CCOc1cc(C(=O)Nc2sc(C(=O)OC(C)C)c(C)c2C(N)=O)cc(OCC)c1OCC. The van der Waals surface area contributed by atoms with Crippen molar-refractivity contribution >= 4 is 34.1 Å². The van der Waals surface area contributed by atoms with E-state index in [4.69, 9.17) is 24.7 Å². The van der Waals surface area contributed by atoms with Gasteiger partial charge in [0.2, 0.25) is 5.75 Å². The third-order valence-electron chi connectivity index (χ3n) is 4.32. The third-order valence-corrected chi connectivity index (χ3v) is 5.51. The molecule has 1 aromatic heterocycles. The largest absolute Gasteiger partial charge is 0.490 e. The topological polar surface area (TPSA) is 126 Å². The monoisotopic (exact) mass is 478 g/mol. The van der Waals surface area contributed by atoms with Gasteiger partial charge in [-0.3, -0.25) is 9.59 Å². The molecule has 2 aromatic rings. The van der Waals surface area contributed by atoms with Crippen LogP contribution < -0.4 is 25.3 Å². The van der Waals surface area contributed by atoms with Crippen molar-refractivity contribution < 1.29 is 33.3 Å². The average Bonchev–Trinajstić information content (AvgIpc) is 3.06. The standard InChI is InChI=1S/C23H30N2O7S/c1-7-29-15-10-14(11-16(30-8-2)18(15)31-9-3)21(27)25-22-17(20(24)26)13(6)19(33-22)23(28)32-12(4)5/h10-12H,7-9H2,1-6H3,(H2,24,26)(H,25,27). The lowest BCUT2D eigenvalue weighted by Crippen LogP contribution is -2.18. The summed E-state index contributed by atoms with van der Waals surface area (Å²) in [6.07, 6.45) is -0.341. The summed E-state index contributed by atoms with van der Waals surface area (Å²) in [5.41, 5.74) is 6.17. The zero-order valence-corrected chi connectivity index (χ0v) is 20.5. The van der Waals surface area contributed by atoms with Crippen molar-refractivity contribution in [1.82, 2.24) is 0 Å². The van der Waals surface area contributed by atoms with E-state index >= 15 is 0 Å². The molecule has 0 atom stereocenters. The molecule has 10 heteroatoms. The van der Waals surface area contributed by atoms with Gasteiger partial charge in [0.25, 0.3) is 11.8 Å². The van der Waals surface area contributed by atoms with Crippen molar-refractivity contribution in [3.8, 4) is 17.2 Å². The van der Waals surface area contributed by atoms with E-state index < -0.39 is 17.8 Å². The second kappa shape index (κ2) is 11.6. The number of ether oxygens (including phenoxy) is 4. The Kier molecular flexibility index (Phi) is 9.10. The second-order valence-corrected chi connectivity index (χ2v) is 8.15. The minimum Gasteiger partial charge on any atom is -0.490 e. The van der Waals surface area contributed by atoms with Crippen molar-refractivity contribution in [2.45, 2.75) is 47.6 Å². The Balaban J connectivity index is 2.48. The first kappa shape index (κ1) is 26.0. The van der Waals surface area contributed by atoms with Crippen molar-refractivity contribution in [3.05, 3.63) is 33.7 Å². The molecular formula is C23H30N2O7S. The maximum atomic E-state index is 13.1. The number of rotatable bonds is 11. The van der Waals surface area contributed by atoms with E-state index in [2.05, 4.69) is 5.32 Å². The minimum atomic E-state index is -0.764. The summed E-state index contributed by atoms with van der Waals surface area (Å²) in [7, 11) is 0. The van der Waals surface area contributed by atoms with E-state index in [-0.39, 0.29) is 27.1 Å². The third kappa shape index (κ3) is 6.16. The molecule has 0 saturated heterocycles. The van der Waals surface area contributed by atoms with Gasteiger partial charge in [-0.25, -0.2) is 4.79 Å². The van der Waals surface area contributed by atoms with Crippen LogP contribution in [-0.2, 0) is 4.74 Å². The van der Waals surface area contributed by atoms with Crippen LogP contribution in [0.3, 0.4) is 0 Å². The first-order valence-electron chi connectivity index (χ1n) is 10.7. The second-order valence-electron chi connectivity index (χ2n) is 7.13. The Labute approximate surface area is 197 Å². The van der Waals surface area contributed by atoms with E-state index in [1.54, 1.807) is 20.8 Å². The van der Waals surface area contributed by atoms with E-state index in [1.165, 1.54) is 12.1 Å². The van der Waals surface area contributed by atoms with Gasteiger partial charge in [-0.15, -0.1) is 11.3 Å². The van der Waals surface area contributed by atoms with Gasteiger partial charge in [0.1, 0.15) is 9.88 Å². The lowest BCUT2D eigenvalue weighted by atomic mass is 10.1. The summed E-state index contributed by atoms with van der Waals surface area (Å²) in [6, 6.07) is 3.06. The summed E-state index contributed by atoms with van der Waals surface area (Å²) in [5, 5.41) is 2.84. The summed E-state index contributed by atoms with van der Waals surface area (Å²) in [6.45, 7) is 11.6. The smallest absolute Gasteiger partial charge is 0.348 e. The molecule has 0 unspecified atom stereocenters. The maximum Gasteiger partial charge on any atom is 0.348 e. The van der Waals surface area contributed by atoms with Crippen LogP contribution in [0.4, 0.5) is 5.00 Å². The summed E-state index contributed by atoms with van der Waals surface area (Å²) < 4.78 is 22.2. The first-order valence-corrected chi connectivity index (χ1v) is 11.5. The molecular weight excluding hydrogens is 448 g/mol. The molecule has 0 saturated carbocycles. The number of hydrogen-bond acceptors (Lipinski definition) is 8. The highest BCUT2D eigenvalue weighted by Crippen LogP contribution is 2.40. The van der Waals surface area contributed by atoms with E-state index in [9.17, 15) is 14.4 Å². The number of esters is 1. The summed E-state index contributed by atoms with van der Waals surface area (Å²) in [5.74, 6) is -0.773. The normalized spacial score (nSPS) is 10.6. The van der Waals surface area contributed by atoms with Gasteiger partial charge in [0, 0.05) is 5.56 Å². The molecule has 1 heterocycles. The number of hydrogen-bond donors (Lipinski definition) is 2. The van der Waals surface area contributed by atoms with Gasteiger partial charge < -0.3 is 30.0 Å². The number of nitrogens with one attached hydrogen (secondary N) is 1. The van der Waals surface area contributed by atoms with Crippen LogP contribution in [0.2, 0.25) is 0 Å². The molecule has 0 spiro atoms. The zero-order chi connectivity index (χ0) is 24.7. The fraction of sp³-hybridized carbons (Fsp3) is 0.435. The Morgan fingerprint density at radius 3 is 2.00 bits per heavy atom. The average molecular weight is 479 g/mol. The van der Waals surface area contributed by atoms with Crippen LogP contribution in [0.1, 0.15) is 70.6 Å². The first-order chi connectivity index (χ1) is 15.6. The predicted octanol–water partition coefficient (Wildman–Crippen LogP) is 4.17. The number of anilines is 1. The van der Waals surface area contributed by atoms with Crippen LogP contribution in [0.15, 0.2) is 12.1 Å². The number of thiophene rings is 1. The van der Waals surface area contributed by atoms with Crippen LogP contribution in [0.25, 0.3) is 0 Å². The Hall–Kier alpha value is -3.27. The lowest BCUT2D eigenvalue weighted by molar-refractivity contribution is 0.0383. The van der Waals surface area contributed by atoms with Gasteiger partial charge in [-0.05, 0) is 59.2 Å². The van der Waals surface area contributed by atoms with Gasteiger partial charge in [0.05, 0.1) is 31.5 Å². The number of carbonyl (C=O) groups is 3. The van der Waals surface area contributed by atoms with Gasteiger partial charge >= 0.3 is 5.97 Å². The highest BCUT2D eigenvalue weighted by molar-refractivity contribution is 7.18. The predicted molar refractivity (Wildman–Crippen MR) is 126 cm³/mol. The van der Waals surface area contributed by atoms with Crippen LogP contribution in [0, 0.1) is 6.92 Å². The molecule has 180 valence electrons. The zero-order valence-electron chi connectivity index (χ0n) is 19.7. The van der Waals surface area contributed by atoms with Crippen molar-refractivity contribution in [1.29, 1.82) is 0 Å². The molecule has 0 radical (unpaired) electrons. The highest BCUT2D eigenvalue weighted by Gasteiger charge is 2.27. The molecule has 0 fully saturated rings. The minimum absolute atomic E-state index is 0.0602. The molecule has 3 N–H and O–H groups in total. The van der Waals surface area contributed by atoms with E-state index in [1.807, 2.05) is 20.8 Å². The summed E-state index contributed by atoms with van der Waals surface area (Å²) >= 11 is 0.933. The quantitative estimate of drug-likeness (QED) is 0.464. The fourth-order valence-electron chi connectivity index (χ4n) is 3.06. The Bertz CT molecular complexity index is 1000. The van der Waals surface area contributed by atoms with Gasteiger partial charge in [-0.2, -0.15) is 0 Å². The van der Waals surface area contributed by atoms with Gasteiger partial charge in [0.15, 0.2) is 11.5 Å². The van der Waals surface area contributed by atoms with Crippen LogP contribution in [-0.4, -0.2) is 43.7 Å². The summed E-state index contributed by atoms with van der Waals surface area (Å²) in [4.78, 5) is 37.8. The van der Waals surface area contributed by atoms with Gasteiger partial charge in [-0.1, -0.05) is 0 Å².